The average molecular weight is 249 g/mol. The summed E-state index contributed by atoms with van der Waals surface area (Å²) in [5.41, 5.74) is 12.5. The minimum atomic E-state index is -0.594. The van der Waals surface area contributed by atoms with Crippen molar-refractivity contribution in [3.8, 4) is 0 Å². The van der Waals surface area contributed by atoms with E-state index in [0.29, 0.717) is 16.8 Å². The molecule has 1 aromatic heterocycles. The molecule has 0 atom stereocenters. The van der Waals surface area contributed by atoms with Gasteiger partial charge in [-0.3, -0.25) is 14.6 Å². The van der Waals surface area contributed by atoms with Crippen molar-refractivity contribution in [3.05, 3.63) is 28.6 Å². The summed E-state index contributed by atoms with van der Waals surface area (Å²) in [5.74, 6) is -1.15. The third kappa shape index (κ3) is 2.50. The maximum atomic E-state index is 11.7. The number of hydrogen-bond acceptors (Lipinski definition) is 3. The number of primary amides is 2. The van der Waals surface area contributed by atoms with Gasteiger partial charge in [0.2, 0.25) is 0 Å². The molecule has 0 aliphatic rings. The molecule has 0 unspecified atom stereocenters. The van der Waals surface area contributed by atoms with Crippen molar-refractivity contribution < 1.29 is 9.59 Å². The lowest BCUT2D eigenvalue weighted by molar-refractivity contribution is 0.0997. The van der Waals surface area contributed by atoms with E-state index in [2.05, 4.69) is 4.98 Å². The molecule has 0 bridgehead atoms. The van der Waals surface area contributed by atoms with E-state index in [0.717, 1.165) is 0 Å². The van der Waals surface area contributed by atoms with Gasteiger partial charge in [-0.25, -0.2) is 0 Å². The standard InChI is InChI=1S/C13H19N3O2/c1-6(2)9-8(12(14)17)5-16-11(7(3)4)10(9)13(15)18/h5-7H,1-4H3,(H2,14,17)(H2,15,18). The minimum absolute atomic E-state index is 0.0319. The average Bonchev–Trinajstić information content (AvgIpc) is 2.26. The molecule has 18 heavy (non-hydrogen) atoms. The van der Waals surface area contributed by atoms with Crippen LogP contribution in [0.4, 0.5) is 0 Å². The highest BCUT2D eigenvalue weighted by molar-refractivity contribution is 6.01. The van der Waals surface area contributed by atoms with Crippen molar-refractivity contribution in [3.63, 3.8) is 0 Å². The second-order valence-electron chi connectivity index (χ2n) is 4.88. The normalized spacial score (nSPS) is 11.0. The molecule has 0 aliphatic carbocycles. The Kier molecular flexibility index (Phi) is 4.06. The summed E-state index contributed by atoms with van der Waals surface area (Å²) in [6, 6.07) is 0. The molecule has 0 aliphatic heterocycles. The van der Waals surface area contributed by atoms with Gasteiger partial charge in [-0.2, -0.15) is 0 Å². The number of pyridine rings is 1. The summed E-state index contributed by atoms with van der Waals surface area (Å²) in [4.78, 5) is 27.2. The molecular formula is C13H19N3O2. The van der Waals surface area contributed by atoms with Crippen molar-refractivity contribution >= 4 is 11.8 Å². The Balaban J connectivity index is 3.71. The third-order valence-corrected chi connectivity index (χ3v) is 2.78. The van der Waals surface area contributed by atoms with E-state index in [1.54, 1.807) is 0 Å². The van der Waals surface area contributed by atoms with Crippen LogP contribution in [0.5, 0.6) is 0 Å². The molecule has 5 nitrogen and oxygen atoms in total. The number of nitrogens with two attached hydrogens (primary N) is 2. The van der Waals surface area contributed by atoms with Crippen LogP contribution in [-0.2, 0) is 0 Å². The smallest absolute Gasteiger partial charge is 0.250 e. The minimum Gasteiger partial charge on any atom is -0.366 e. The molecular weight excluding hydrogens is 230 g/mol. The summed E-state index contributed by atoms with van der Waals surface area (Å²) in [6.45, 7) is 7.61. The topological polar surface area (TPSA) is 99.1 Å². The zero-order valence-corrected chi connectivity index (χ0v) is 11.2. The zero-order valence-electron chi connectivity index (χ0n) is 11.2. The molecule has 1 heterocycles. The van der Waals surface area contributed by atoms with E-state index < -0.39 is 11.8 Å². The molecule has 0 radical (unpaired) electrons. The number of nitrogens with zero attached hydrogens (tertiary/aromatic N) is 1. The highest BCUT2D eigenvalue weighted by atomic mass is 16.1. The maximum Gasteiger partial charge on any atom is 0.250 e. The van der Waals surface area contributed by atoms with Crippen molar-refractivity contribution in [2.75, 3.05) is 0 Å². The third-order valence-electron chi connectivity index (χ3n) is 2.78. The first kappa shape index (κ1) is 14.2. The van der Waals surface area contributed by atoms with Crippen LogP contribution in [0.2, 0.25) is 0 Å². The number of carbonyl (C=O) groups excluding carboxylic acids is 2. The van der Waals surface area contributed by atoms with Crippen molar-refractivity contribution in [2.24, 2.45) is 11.5 Å². The van der Waals surface area contributed by atoms with Crippen LogP contribution < -0.4 is 11.5 Å². The van der Waals surface area contributed by atoms with Gasteiger partial charge in [-0.1, -0.05) is 27.7 Å². The number of rotatable bonds is 4. The van der Waals surface area contributed by atoms with Crippen LogP contribution in [0.25, 0.3) is 0 Å². The van der Waals surface area contributed by atoms with Crippen molar-refractivity contribution in [1.29, 1.82) is 0 Å². The molecule has 0 saturated heterocycles. The maximum absolute atomic E-state index is 11.7. The molecule has 0 spiro atoms. The van der Waals surface area contributed by atoms with E-state index in [1.807, 2.05) is 27.7 Å². The molecule has 0 fully saturated rings. The summed E-state index contributed by atoms with van der Waals surface area (Å²) in [6.07, 6.45) is 1.43. The lowest BCUT2D eigenvalue weighted by Gasteiger charge is -2.18. The highest BCUT2D eigenvalue weighted by Crippen LogP contribution is 2.28. The first-order chi connectivity index (χ1) is 8.27. The Morgan fingerprint density at radius 2 is 1.61 bits per heavy atom. The fourth-order valence-corrected chi connectivity index (χ4v) is 2.03. The summed E-state index contributed by atoms with van der Waals surface area (Å²) < 4.78 is 0. The first-order valence-electron chi connectivity index (χ1n) is 5.89. The lowest BCUT2D eigenvalue weighted by Crippen LogP contribution is -2.24. The van der Waals surface area contributed by atoms with Crippen LogP contribution in [-0.4, -0.2) is 16.8 Å². The van der Waals surface area contributed by atoms with E-state index in [4.69, 9.17) is 11.5 Å². The SMILES string of the molecule is CC(C)c1ncc(C(N)=O)c(C(C)C)c1C(N)=O. The lowest BCUT2D eigenvalue weighted by atomic mass is 9.88. The van der Waals surface area contributed by atoms with Gasteiger partial charge in [0.1, 0.15) is 0 Å². The van der Waals surface area contributed by atoms with Gasteiger partial charge < -0.3 is 11.5 Å². The first-order valence-corrected chi connectivity index (χ1v) is 5.89. The van der Waals surface area contributed by atoms with Crippen LogP contribution in [0, 0.1) is 0 Å². The van der Waals surface area contributed by atoms with Crippen LogP contribution in [0.15, 0.2) is 6.20 Å². The van der Waals surface area contributed by atoms with Gasteiger partial charge in [-0.15, -0.1) is 0 Å². The Morgan fingerprint density at radius 1 is 1.06 bits per heavy atom. The Morgan fingerprint density at radius 3 is 1.94 bits per heavy atom. The molecule has 5 heteroatoms. The predicted octanol–water partition coefficient (Wildman–Crippen LogP) is 1.53. The van der Waals surface area contributed by atoms with Crippen molar-refractivity contribution in [1.82, 2.24) is 4.98 Å². The molecule has 1 aromatic rings. The summed E-state index contributed by atoms with van der Waals surface area (Å²) in [5, 5.41) is 0. The van der Waals surface area contributed by atoms with E-state index in [-0.39, 0.29) is 17.4 Å². The van der Waals surface area contributed by atoms with Crippen LogP contribution >= 0.6 is 0 Å². The molecule has 2 amide bonds. The van der Waals surface area contributed by atoms with Gasteiger partial charge in [0.25, 0.3) is 11.8 Å². The number of carbonyl (C=O) groups is 2. The molecule has 98 valence electrons. The highest BCUT2D eigenvalue weighted by Gasteiger charge is 2.24. The monoisotopic (exact) mass is 249 g/mol. The molecule has 0 saturated carbocycles. The second-order valence-corrected chi connectivity index (χ2v) is 4.88. The van der Waals surface area contributed by atoms with Gasteiger partial charge in [0, 0.05) is 6.20 Å². The van der Waals surface area contributed by atoms with Gasteiger partial charge in [0.15, 0.2) is 0 Å². The zero-order chi connectivity index (χ0) is 14.0. The summed E-state index contributed by atoms with van der Waals surface area (Å²) >= 11 is 0. The van der Waals surface area contributed by atoms with Gasteiger partial charge >= 0.3 is 0 Å². The largest absolute Gasteiger partial charge is 0.366 e. The van der Waals surface area contributed by atoms with Crippen molar-refractivity contribution in [2.45, 2.75) is 39.5 Å². The molecule has 1 rings (SSSR count). The molecule has 4 N–H and O–H groups in total. The Bertz CT molecular complexity index is 493. The van der Waals surface area contributed by atoms with E-state index in [1.165, 1.54) is 6.20 Å². The molecule has 0 aromatic carbocycles. The van der Waals surface area contributed by atoms with Crippen LogP contribution in [0.3, 0.4) is 0 Å². The fraction of sp³-hybridized carbons (Fsp3) is 0.462. The summed E-state index contributed by atoms with van der Waals surface area (Å²) in [7, 11) is 0. The Hall–Kier alpha value is -1.91. The number of aromatic nitrogens is 1. The van der Waals surface area contributed by atoms with Gasteiger partial charge in [-0.05, 0) is 17.4 Å². The second kappa shape index (κ2) is 5.16. The fourth-order valence-electron chi connectivity index (χ4n) is 2.03. The Labute approximate surface area is 107 Å². The number of amides is 2. The van der Waals surface area contributed by atoms with Gasteiger partial charge in [0.05, 0.1) is 16.8 Å². The van der Waals surface area contributed by atoms with Crippen LogP contribution in [0.1, 0.15) is 71.5 Å². The number of hydrogen-bond donors (Lipinski definition) is 2. The van der Waals surface area contributed by atoms with E-state index >= 15 is 0 Å². The van der Waals surface area contributed by atoms with E-state index in [9.17, 15) is 9.59 Å². The quantitative estimate of drug-likeness (QED) is 0.846. The predicted molar refractivity (Wildman–Crippen MR) is 69.5 cm³/mol.